The average Bonchev–Trinajstić information content (AvgIpc) is 3.15. The van der Waals surface area contributed by atoms with E-state index in [1.165, 1.54) is 24.3 Å². The zero-order valence-corrected chi connectivity index (χ0v) is 21.2. The van der Waals surface area contributed by atoms with E-state index < -0.39 is 35.9 Å². The normalized spacial score (nSPS) is 18.6. The molecule has 0 amide bonds. The third-order valence-electron chi connectivity index (χ3n) is 5.82. The third-order valence-corrected chi connectivity index (χ3v) is 11.0. The molecule has 1 saturated heterocycles. The number of sulfonamides is 2. The van der Waals surface area contributed by atoms with Gasteiger partial charge in [-0.25, -0.2) is 30.0 Å². The van der Waals surface area contributed by atoms with Crippen LogP contribution in [0.5, 0.6) is 0 Å². The predicted octanol–water partition coefficient (Wildman–Crippen LogP) is 1.97. The van der Waals surface area contributed by atoms with Crippen molar-refractivity contribution in [1.82, 2.24) is 9.03 Å². The van der Waals surface area contributed by atoms with Crippen molar-refractivity contribution >= 4 is 29.9 Å². The van der Waals surface area contributed by atoms with Gasteiger partial charge in [0.1, 0.15) is 0 Å². The molecule has 1 N–H and O–H groups in total. The molecule has 0 aliphatic carbocycles. The fourth-order valence-electron chi connectivity index (χ4n) is 3.81. The van der Waals surface area contributed by atoms with E-state index >= 15 is 0 Å². The Hall–Kier alpha value is -1.79. The topological polar surface area (TPSA) is 118 Å². The number of nitrogens with one attached hydrogen (secondary N) is 1. The first-order chi connectivity index (χ1) is 15.5. The third kappa shape index (κ3) is 6.21. The highest BCUT2D eigenvalue weighted by atomic mass is 32.2. The first kappa shape index (κ1) is 25.8. The van der Waals surface area contributed by atoms with Crippen molar-refractivity contribution in [2.75, 3.05) is 24.6 Å². The molecular weight excluding hydrogens is 484 g/mol. The largest absolute Gasteiger partial charge is 0.243 e. The van der Waals surface area contributed by atoms with E-state index in [-0.39, 0.29) is 40.8 Å². The Labute approximate surface area is 197 Å². The van der Waals surface area contributed by atoms with Crippen LogP contribution < -0.4 is 4.72 Å². The molecule has 1 aliphatic rings. The molecule has 2 aromatic carbocycles. The van der Waals surface area contributed by atoms with Crippen LogP contribution in [-0.2, 0) is 42.7 Å². The molecule has 8 nitrogen and oxygen atoms in total. The lowest BCUT2D eigenvalue weighted by molar-refractivity contribution is 0.343. The summed E-state index contributed by atoms with van der Waals surface area (Å²) < 4.78 is 79.7. The van der Waals surface area contributed by atoms with Crippen molar-refractivity contribution in [3.8, 4) is 0 Å². The molecule has 0 radical (unpaired) electrons. The average molecular weight is 515 g/mol. The quantitative estimate of drug-likeness (QED) is 0.518. The number of benzene rings is 2. The second kappa shape index (κ2) is 10.2. The standard InChI is InChI=1S/C22H30N2O6S3/c1-3-18-5-9-21(10-6-18)32(27,28)23-14-15-24(20-13-16-31(25,26)17-20)33(29,30)22-11-7-19(4-2)8-12-22/h5-12,20,23H,3-4,13-17H2,1-2H3/t20-/m1/s1. The van der Waals surface area contributed by atoms with Crippen molar-refractivity contribution in [3.05, 3.63) is 59.7 Å². The van der Waals surface area contributed by atoms with Crippen LogP contribution in [0.2, 0.25) is 0 Å². The molecule has 0 unspecified atom stereocenters. The van der Waals surface area contributed by atoms with E-state index in [1.807, 2.05) is 13.8 Å². The van der Waals surface area contributed by atoms with Crippen LogP contribution in [-0.4, -0.2) is 60.2 Å². The van der Waals surface area contributed by atoms with Crippen LogP contribution in [0.1, 0.15) is 31.4 Å². The van der Waals surface area contributed by atoms with Gasteiger partial charge in [0, 0.05) is 19.1 Å². The molecule has 1 fully saturated rings. The van der Waals surface area contributed by atoms with Gasteiger partial charge in [-0.3, -0.25) is 0 Å². The van der Waals surface area contributed by atoms with Gasteiger partial charge in [0.2, 0.25) is 20.0 Å². The van der Waals surface area contributed by atoms with E-state index in [4.69, 9.17) is 0 Å². The Balaban J connectivity index is 1.81. The van der Waals surface area contributed by atoms with Crippen molar-refractivity contribution in [1.29, 1.82) is 0 Å². The first-order valence-electron chi connectivity index (χ1n) is 10.9. The summed E-state index contributed by atoms with van der Waals surface area (Å²) >= 11 is 0. The van der Waals surface area contributed by atoms with Crippen molar-refractivity contribution in [3.63, 3.8) is 0 Å². The maximum atomic E-state index is 13.4. The lowest BCUT2D eigenvalue weighted by atomic mass is 10.2. The monoisotopic (exact) mass is 514 g/mol. The van der Waals surface area contributed by atoms with Crippen molar-refractivity contribution in [2.45, 2.75) is 48.9 Å². The number of nitrogens with zero attached hydrogens (tertiary/aromatic N) is 1. The van der Waals surface area contributed by atoms with Crippen LogP contribution in [0.3, 0.4) is 0 Å². The van der Waals surface area contributed by atoms with Crippen molar-refractivity contribution < 1.29 is 25.3 Å². The minimum absolute atomic E-state index is 0.0574. The molecule has 0 spiro atoms. The smallest absolute Gasteiger partial charge is 0.229 e. The molecule has 11 heteroatoms. The number of aryl methyl sites for hydroxylation is 2. The zero-order chi connectivity index (χ0) is 24.3. The number of rotatable bonds is 10. The highest BCUT2D eigenvalue weighted by Gasteiger charge is 2.38. The molecule has 0 saturated carbocycles. The molecular formula is C22H30N2O6S3. The summed E-state index contributed by atoms with van der Waals surface area (Å²) in [4.78, 5) is 0.148. The summed E-state index contributed by atoms with van der Waals surface area (Å²) in [5.41, 5.74) is 1.98. The van der Waals surface area contributed by atoms with Crippen LogP contribution in [0.4, 0.5) is 0 Å². The predicted molar refractivity (Wildman–Crippen MR) is 128 cm³/mol. The van der Waals surface area contributed by atoms with Gasteiger partial charge in [-0.2, -0.15) is 4.31 Å². The van der Waals surface area contributed by atoms with Gasteiger partial charge in [-0.15, -0.1) is 0 Å². The Morgan fingerprint density at radius 1 is 0.879 bits per heavy atom. The molecule has 2 aromatic rings. The molecule has 3 rings (SSSR count). The Morgan fingerprint density at radius 2 is 1.39 bits per heavy atom. The van der Waals surface area contributed by atoms with Gasteiger partial charge in [0.15, 0.2) is 9.84 Å². The van der Waals surface area contributed by atoms with Gasteiger partial charge in [0.25, 0.3) is 0 Å². The molecule has 0 bridgehead atoms. The first-order valence-corrected chi connectivity index (χ1v) is 15.6. The minimum atomic E-state index is -4.02. The van der Waals surface area contributed by atoms with Crippen LogP contribution in [0, 0.1) is 0 Å². The van der Waals surface area contributed by atoms with E-state index in [2.05, 4.69) is 4.72 Å². The Morgan fingerprint density at radius 3 is 1.85 bits per heavy atom. The Kier molecular flexibility index (Phi) is 8.00. The van der Waals surface area contributed by atoms with Gasteiger partial charge in [-0.05, 0) is 54.7 Å². The fourth-order valence-corrected chi connectivity index (χ4v) is 8.31. The van der Waals surface area contributed by atoms with Gasteiger partial charge in [-0.1, -0.05) is 38.1 Å². The van der Waals surface area contributed by atoms with Gasteiger partial charge in [0.05, 0.1) is 21.3 Å². The van der Waals surface area contributed by atoms with Crippen LogP contribution >= 0.6 is 0 Å². The van der Waals surface area contributed by atoms with Gasteiger partial charge < -0.3 is 0 Å². The Bertz CT molecular complexity index is 1270. The molecule has 0 aromatic heterocycles. The maximum absolute atomic E-state index is 13.4. The maximum Gasteiger partial charge on any atom is 0.243 e. The highest BCUT2D eigenvalue weighted by molar-refractivity contribution is 7.92. The van der Waals surface area contributed by atoms with Gasteiger partial charge >= 0.3 is 0 Å². The second-order valence-corrected chi connectivity index (χ2v) is 14.0. The summed E-state index contributed by atoms with van der Waals surface area (Å²) in [6.07, 6.45) is 1.72. The molecule has 33 heavy (non-hydrogen) atoms. The molecule has 182 valence electrons. The van der Waals surface area contributed by atoms with Crippen LogP contribution in [0.15, 0.2) is 58.3 Å². The fraction of sp³-hybridized carbons (Fsp3) is 0.455. The van der Waals surface area contributed by atoms with E-state index in [0.29, 0.717) is 0 Å². The molecule has 1 heterocycles. The second-order valence-electron chi connectivity index (χ2n) is 8.07. The molecule has 1 aliphatic heterocycles. The highest BCUT2D eigenvalue weighted by Crippen LogP contribution is 2.25. The summed E-state index contributed by atoms with van der Waals surface area (Å²) in [5, 5.41) is 0. The van der Waals surface area contributed by atoms with E-state index in [0.717, 1.165) is 28.3 Å². The lowest BCUT2D eigenvalue weighted by Crippen LogP contribution is -2.45. The summed E-state index contributed by atoms with van der Waals surface area (Å²) in [6, 6.07) is 12.2. The van der Waals surface area contributed by atoms with Crippen molar-refractivity contribution in [2.24, 2.45) is 0 Å². The van der Waals surface area contributed by atoms with Crippen LogP contribution in [0.25, 0.3) is 0 Å². The number of hydrogen-bond acceptors (Lipinski definition) is 6. The number of hydrogen-bond donors (Lipinski definition) is 1. The summed E-state index contributed by atoms with van der Waals surface area (Å²) in [5.74, 6) is -0.363. The van der Waals surface area contributed by atoms with E-state index in [9.17, 15) is 25.3 Å². The lowest BCUT2D eigenvalue weighted by Gasteiger charge is -2.27. The minimum Gasteiger partial charge on any atom is -0.229 e. The molecule has 1 atom stereocenters. The SMILES string of the molecule is CCc1ccc(S(=O)(=O)NCCN([C@@H]2CCS(=O)(=O)C2)S(=O)(=O)c2ccc(CC)cc2)cc1. The summed E-state index contributed by atoms with van der Waals surface area (Å²) in [6.45, 7) is 3.57. The zero-order valence-electron chi connectivity index (χ0n) is 18.8. The summed E-state index contributed by atoms with van der Waals surface area (Å²) in [7, 11) is -11.2. The van der Waals surface area contributed by atoms with E-state index in [1.54, 1.807) is 24.3 Å². The number of sulfone groups is 1.